The highest BCUT2D eigenvalue weighted by Gasteiger charge is 2.14. The summed E-state index contributed by atoms with van der Waals surface area (Å²) in [6, 6.07) is 10.7. The molecule has 0 aliphatic rings. The fourth-order valence-corrected chi connectivity index (χ4v) is 2.12. The number of hydrogen-bond donors (Lipinski definition) is 2. The normalized spacial score (nSPS) is 10.5. The van der Waals surface area contributed by atoms with E-state index < -0.39 is 15.8 Å². The number of nitro groups is 2. The minimum atomic E-state index is -0.820. The molecular formula is C17H13N5O6. The molecule has 1 amide bonds. The van der Waals surface area contributed by atoms with E-state index >= 15 is 0 Å². The van der Waals surface area contributed by atoms with Crippen molar-refractivity contribution in [3.63, 3.8) is 0 Å². The lowest BCUT2D eigenvalue weighted by molar-refractivity contribution is -0.385. The van der Waals surface area contributed by atoms with E-state index in [0.29, 0.717) is 0 Å². The minimum absolute atomic E-state index is 0.133. The molecule has 11 nitrogen and oxygen atoms in total. The lowest BCUT2D eigenvalue weighted by Crippen LogP contribution is -2.14. The number of anilines is 2. The molecule has 0 heterocycles. The molecule has 0 saturated heterocycles. The zero-order chi connectivity index (χ0) is 20.7. The van der Waals surface area contributed by atoms with Gasteiger partial charge in [0.25, 0.3) is 17.3 Å². The van der Waals surface area contributed by atoms with Gasteiger partial charge in [-0.05, 0) is 12.1 Å². The summed E-state index contributed by atoms with van der Waals surface area (Å²) < 4.78 is 5.08. The van der Waals surface area contributed by atoms with Crippen molar-refractivity contribution in [2.45, 2.75) is 0 Å². The third-order valence-corrected chi connectivity index (χ3v) is 3.45. The smallest absolute Gasteiger partial charge is 0.271 e. The Morgan fingerprint density at radius 2 is 1.82 bits per heavy atom. The van der Waals surface area contributed by atoms with Crippen LogP contribution in [-0.2, 0) is 4.79 Å². The van der Waals surface area contributed by atoms with Crippen molar-refractivity contribution < 1.29 is 19.4 Å². The van der Waals surface area contributed by atoms with Gasteiger partial charge in [-0.2, -0.15) is 5.26 Å². The van der Waals surface area contributed by atoms with Crippen molar-refractivity contribution >= 4 is 28.7 Å². The number of methoxy groups -OCH3 is 1. The maximum absolute atomic E-state index is 12.2. The Hall–Kier alpha value is -4.46. The van der Waals surface area contributed by atoms with Crippen molar-refractivity contribution in [2.75, 3.05) is 17.7 Å². The Balaban J connectivity index is 2.22. The first-order valence-corrected chi connectivity index (χ1v) is 7.60. The van der Waals surface area contributed by atoms with Gasteiger partial charge in [0, 0.05) is 36.2 Å². The van der Waals surface area contributed by atoms with Crippen LogP contribution in [0.15, 0.2) is 54.2 Å². The first-order valence-electron chi connectivity index (χ1n) is 7.60. The number of nitrogens with one attached hydrogen (secondary N) is 2. The summed E-state index contributed by atoms with van der Waals surface area (Å²) in [5.41, 5.74) is -0.489. The second-order valence-electron chi connectivity index (χ2n) is 5.22. The number of nitro benzene ring substituents is 2. The van der Waals surface area contributed by atoms with Crippen LogP contribution in [0.25, 0.3) is 0 Å². The summed E-state index contributed by atoms with van der Waals surface area (Å²) >= 11 is 0. The molecule has 0 saturated carbocycles. The molecule has 0 bridgehead atoms. The summed E-state index contributed by atoms with van der Waals surface area (Å²) in [6.45, 7) is 0. The lowest BCUT2D eigenvalue weighted by atomic mass is 10.2. The molecule has 28 heavy (non-hydrogen) atoms. The predicted molar refractivity (Wildman–Crippen MR) is 98.7 cm³/mol. The zero-order valence-corrected chi connectivity index (χ0v) is 14.4. The lowest BCUT2D eigenvalue weighted by Gasteiger charge is -2.09. The summed E-state index contributed by atoms with van der Waals surface area (Å²) in [6.07, 6.45) is 1.05. The molecule has 11 heteroatoms. The Morgan fingerprint density at radius 3 is 2.43 bits per heavy atom. The highest BCUT2D eigenvalue weighted by molar-refractivity contribution is 6.06. The van der Waals surface area contributed by atoms with Crippen LogP contribution in [0.1, 0.15) is 0 Å². The van der Waals surface area contributed by atoms with Crippen LogP contribution in [0.3, 0.4) is 0 Å². The summed E-state index contributed by atoms with van der Waals surface area (Å²) in [7, 11) is 1.36. The summed E-state index contributed by atoms with van der Waals surface area (Å²) in [5.74, 6) is -0.557. The van der Waals surface area contributed by atoms with Gasteiger partial charge in [-0.25, -0.2) is 0 Å². The number of non-ortho nitro benzene ring substituents is 2. The third kappa shape index (κ3) is 4.79. The van der Waals surface area contributed by atoms with E-state index in [1.54, 1.807) is 6.07 Å². The van der Waals surface area contributed by atoms with E-state index in [0.717, 1.165) is 12.3 Å². The Morgan fingerprint density at radius 1 is 1.14 bits per heavy atom. The van der Waals surface area contributed by atoms with Crippen LogP contribution in [0.5, 0.6) is 5.75 Å². The number of nitriles is 1. The van der Waals surface area contributed by atoms with Gasteiger partial charge in [0.1, 0.15) is 17.4 Å². The molecule has 142 valence electrons. The van der Waals surface area contributed by atoms with Crippen LogP contribution in [0.4, 0.5) is 22.7 Å². The molecule has 0 aliphatic carbocycles. The summed E-state index contributed by atoms with van der Waals surface area (Å²) in [5, 5.41) is 35.9. The molecule has 2 aromatic carbocycles. The van der Waals surface area contributed by atoms with Crippen LogP contribution < -0.4 is 15.4 Å². The molecule has 2 rings (SSSR count). The quantitative estimate of drug-likeness (QED) is 0.319. The van der Waals surface area contributed by atoms with Gasteiger partial charge in [0.05, 0.1) is 22.6 Å². The maximum atomic E-state index is 12.2. The average Bonchev–Trinajstić information content (AvgIpc) is 2.68. The number of carbonyl (C=O) groups is 1. The largest absolute Gasteiger partial charge is 0.495 e. The predicted octanol–water partition coefficient (Wildman–Crippen LogP) is 2.97. The first kappa shape index (κ1) is 19.9. The van der Waals surface area contributed by atoms with E-state index in [1.807, 2.05) is 0 Å². The molecule has 0 atom stereocenters. The Bertz CT molecular complexity index is 1010. The zero-order valence-electron chi connectivity index (χ0n) is 14.4. The van der Waals surface area contributed by atoms with Gasteiger partial charge in [0.15, 0.2) is 0 Å². The molecule has 0 radical (unpaired) electrons. The van der Waals surface area contributed by atoms with Crippen LogP contribution >= 0.6 is 0 Å². The minimum Gasteiger partial charge on any atom is -0.495 e. The molecule has 2 aromatic rings. The molecule has 2 N–H and O–H groups in total. The molecule has 0 unspecified atom stereocenters. The number of benzene rings is 2. The van der Waals surface area contributed by atoms with Crippen molar-refractivity contribution in [3.05, 3.63) is 74.5 Å². The van der Waals surface area contributed by atoms with Crippen LogP contribution in [-0.4, -0.2) is 22.9 Å². The second kappa shape index (κ2) is 8.77. The number of nitrogens with zero attached hydrogens (tertiary/aromatic N) is 3. The number of hydrogen-bond acceptors (Lipinski definition) is 8. The molecular weight excluding hydrogens is 370 g/mol. The van der Waals surface area contributed by atoms with Crippen LogP contribution in [0.2, 0.25) is 0 Å². The van der Waals surface area contributed by atoms with Crippen molar-refractivity contribution in [1.82, 2.24) is 0 Å². The third-order valence-electron chi connectivity index (χ3n) is 3.45. The molecule has 0 spiro atoms. The maximum Gasteiger partial charge on any atom is 0.271 e. The molecule has 0 aliphatic heterocycles. The van der Waals surface area contributed by atoms with Crippen molar-refractivity contribution in [2.24, 2.45) is 0 Å². The monoisotopic (exact) mass is 383 g/mol. The second-order valence-corrected chi connectivity index (χ2v) is 5.22. The SMILES string of the molecule is COc1ccc([N+](=O)[O-])cc1N/C=C(/C#N)C(=O)Nc1cccc([N+](=O)[O-])c1. The van der Waals surface area contributed by atoms with Gasteiger partial charge in [-0.3, -0.25) is 25.0 Å². The first-order chi connectivity index (χ1) is 13.3. The summed E-state index contributed by atoms with van der Waals surface area (Å²) in [4.78, 5) is 32.7. The number of ether oxygens (including phenoxy) is 1. The van der Waals surface area contributed by atoms with Crippen LogP contribution in [0, 0.1) is 31.6 Å². The Labute approximate surface area is 158 Å². The molecule has 0 aromatic heterocycles. The van der Waals surface area contributed by atoms with Gasteiger partial charge in [0.2, 0.25) is 0 Å². The van der Waals surface area contributed by atoms with E-state index in [-0.39, 0.29) is 34.1 Å². The average molecular weight is 383 g/mol. The van der Waals surface area contributed by atoms with E-state index in [1.165, 1.54) is 43.5 Å². The van der Waals surface area contributed by atoms with E-state index in [4.69, 9.17) is 4.74 Å². The van der Waals surface area contributed by atoms with Crippen molar-refractivity contribution in [1.29, 1.82) is 5.26 Å². The van der Waals surface area contributed by atoms with E-state index in [9.17, 15) is 30.3 Å². The fourth-order valence-electron chi connectivity index (χ4n) is 2.12. The fraction of sp³-hybridized carbons (Fsp3) is 0.0588. The van der Waals surface area contributed by atoms with Gasteiger partial charge in [-0.15, -0.1) is 0 Å². The van der Waals surface area contributed by atoms with Gasteiger partial charge < -0.3 is 15.4 Å². The molecule has 0 fully saturated rings. The Kier molecular flexibility index (Phi) is 6.22. The highest BCUT2D eigenvalue weighted by atomic mass is 16.6. The highest BCUT2D eigenvalue weighted by Crippen LogP contribution is 2.29. The van der Waals surface area contributed by atoms with E-state index in [2.05, 4.69) is 10.6 Å². The standard InChI is InChI=1S/C17H13N5O6/c1-28-16-6-5-14(22(26)27)8-15(16)19-10-11(9-18)17(23)20-12-3-2-4-13(7-12)21(24)25/h2-8,10,19H,1H3,(H,20,23)/b11-10-. The number of amides is 1. The number of carbonyl (C=O) groups excluding carboxylic acids is 1. The van der Waals surface area contributed by atoms with Gasteiger partial charge >= 0.3 is 0 Å². The van der Waals surface area contributed by atoms with Gasteiger partial charge in [-0.1, -0.05) is 6.07 Å². The topological polar surface area (TPSA) is 160 Å². The van der Waals surface area contributed by atoms with Crippen molar-refractivity contribution in [3.8, 4) is 11.8 Å². The number of rotatable bonds is 7.